The van der Waals surface area contributed by atoms with Crippen LogP contribution in [0, 0.1) is 0 Å². The molecule has 0 unspecified atom stereocenters. The van der Waals surface area contributed by atoms with E-state index in [9.17, 15) is 0 Å². The van der Waals surface area contributed by atoms with Gasteiger partial charge in [-0.2, -0.15) is 0 Å². The van der Waals surface area contributed by atoms with E-state index >= 15 is 0 Å². The molecule has 0 spiro atoms. The van der Waals surface area contributed by atoms with E-state index in [1.807, 2.05) is 18.3 Å². The van der Waals surface area contributed by atoms with Crippen molar-refractivity contribution in [3.05, 3.63) is 30.7 Å². The molecular weight excluding hydrogens is 232 g/mol. The largest absolute Gasteiger partial charge is 0.376 e. The van der Waals surface area contributed by atoms with Gasteiger partial charge in [-0.1, -0.05) is 5.21 Å². The summed E-state index contributed by atoms with van der Waals surface area (Å²) in [5.41, 5.74) is 1.87. The number of rotatable bonds is 5. The molecule has 0 aliphatic carbocycles. The zero-order valence-corrected chi connectivity index (χ0v) is 9.90. The Morgan fingerprint density at radius 3 is 2.89 bits per heavy atom. The van der Waals surface area contributed by atoms with Crippen LogP contribution in [0.3, 0.4) is 0 Å². The highest BCUT2D eigenvalue weighted by atomic mass is 16.6. The van der Waals surface area contributed by atoms with Crippen molar-refractivity contribution in [2.24, 2.45) is 0 Å². The first-order valence-electron chi connectivity index (χ1n) is 5.92. The summed E-state index contributed by atoms with van der Waals surface area (Å²) in [7, 11) is 0. The molecule has 1 aliphatic heterocycles. The SMILES string of the molecule is c1cc(-c2cn(CCOC3COC3)nn2)ccn1. The monoisotopic (exact) mass is 246 g/mol. The standard InChI is InChI=1S/C12H14N4O2/c1-3-13-4-2-10(1)12-7-16(15-14-12)5-6-18-11-8-17-9-11/h1-4,7,11H,5-6,8-9H2. The molecule has 6 heteroatoms. The fourth-order valence-corrected chi connectivity index (χ4v) is 1.69. The van der Waals surface area contributed by atoms with Crippen molar-refractivity contribution < 1.29 is 9.47 Å². The average Bonchev–Trinajstić information content (AvgIpc) is 2.82. The fraction of sp³-hybridized carbons (Fsp3) is 0.417. The summed E-state index contributed by atoms with van der Waals surface area (Å²) in [6.45, 7) is 2.75. The van der Waals surface area contributed by atoms with Crippen LogP contribution < -0.4 is 0 Å². The molecule has 6 nitrogen and oxygen atoms in total. The lowest BCUT2D eigenvalue weighted by molar-refractivity contribution is -0.131. The summed E-state index contributed by atoms with van der Waals surface area (Å²) in [6.07, 6.45) is 5.66. The van der Waals surface area contributed by atoms with E-state index in [0.29, 0.717) is 26.4 Å². The number of nitrogens with zero attached hydrogens (tertiary/aromatic N) is 4. The van der Waals surface area contributed by atoms with Gasteiger partial charge in [0.25, 0.3) is 0 Å². The Labute approximate surface area is 105 Å². The Balaban J connectivity index is 1.56. The number of ether oxygens (including phenoxy) is 2. The minimum absolute atomic E-state index is 0.258. The molecule has 2 aromatic rings. The number of pyridine rings is 1. The smallest absolute Gasteiger partial charge is 0.113 e. The van der Waals surface area contributed by atoms with E-state index in [-0.39, 0.29) is 6.10 Å². The van der Waals surface area contributed by atoms with E-state index in [0.717, 1.165) is 11.3 Å². The van der Waals surface area contributed by atoms with Crippen molar-refractivity contribution >= 4 is 0 Å². The van der Waals surface area contributed by atoms with Gasteiger partial charge in [0.2, 0.25) is 0 Å². The van der Waals surface area contributed by atoms with E-state index < -0.39 is 0 Å². The van der Waals surface area contributed by atoms with Crippen molar-refractivity contribution in [3.8, 4) is 11.3 Å². The summed E-state index contributed by atoms with van der Waals surface area (Å²) in [6, 6.07) is 3.83. The van der Waals surface area contributed by atoms with Gasteiger partial charge in [0.05, 0.1) is 32.6 Å². The zero-order valence-electron chi connectivity index (χ0n) is 9.90. The third kappa shape index (κ3) is 2.55. The van der Waals surface area contributed by atoms with Gasteiger partial charge in [0.1, 0.15) is 11.8 Å². The van der Waals surface area contributed by atoms with E-state index in [4.69, 9.17) is 9.47 Å². The van der Waals surface area contributed by atoms with Crippen LogP contribution in [0.4, 0.5) is 0 Å². The minimum atomic E-state index is 0.258. The molecule has 1 saturated heterocycles. The normalized spacial score (nSPS) is 15.6. The quantitative estimate of drug-likeness (QED) is 0.779. The molecule has 3 heterocycles. The van der Waals surface area contributed by atoms with Crippen LogP contribution in [-0.4, -0.2) is 45.9 Å². The van der Waals surface area contributed by atoms with E-state index in [1.54, 1.807) is 17.1 Å². The van der Waals surface area contributed by atoms with Crippen molar-refractivity contribution in [3.63, 3.8) is 0 Å². The number of aromatic nitrogens is 4. The maximum Gasteiger partial charge on any atom is 0.113 e. The summed E-state index contributed by atoms with van der Waals surface area (Å²) < 4.78 is 12.4. The molecular formula is C12H14N4O2. The van der Waals surface area contributed by atoms with Crippen LogP contribution in [0.1, 0.15) is 0 Å². The Morgan fingerprint density at radius 1 is 1.33 bits per heavy atom. The van der Waals surface area contributed by atoms with Crippen LogP contribution in [0.2, 0.25) is 0 Å². The van der Waals surface area contributed by atoms with Gasteiger partial charge in [-0.15, -0.1) is 5.10 Å². The van der Waals surface area contributed by atoms with Gasteiger partial charge in [-0.25, -0.2) is 4.68 Å². The van der Waals surface area contributed by atoms with Gasteiger partial charge in [-0.05, 0) is 12.1 Å². The average molecular weight is 246 g/mol. The van der Waals surface area contributed by atoms with E-state index in [2.05, 4.69) is 15.3 Å². The van der Waals surface area contributed by atoms with Crippen LogP contribution in [0.5, 0.6) is 0 Å². The van der Waals surface area contributed by atoms with Crippen LogP contribution >= 0.6 is 0 Å². The highest BCUT2D eigenvalue weighted by Crippen LogP contribution is 2.13. The van der Waals surface area contributed by atoms with E-state index in [1.165, 1.54) is 0 Å². The number of hydrogen-bond acceptors (Lipinski definition) is 5. The maximum absolute atomic E-state index is 5.57. The van der Waals surface area contributed by atoms with Crippen LogP contribution in [-0.2, 0) is 16.0 Å². The topological polar surface area (TPSA) is 62.1 Å². The first-order chi connectivity index (χ1) is 8.92. The molecule has 0 aromatic carbocycles. The molecule has 0 bridgehead atoms. The van der Waals surface area contributed by atoms with Gasteiger partial charge in [-0.3, -0.25) is 4.98 Å². The third-order valence-corrected chi connectivity index (χ3v) is 2.80. The van der Waals surface area contributed by atoms with Gasteiger partial charge in [0, 0.05) is 18.0 Å². The summed E-state index contributed by atoms with van der Waals surface area (Å²) in [5, 5.41) is 8.19. The lowest BCUT2D eigenvalue weighted by atomic mass is 10.2. The molecule has 0 N–H and O–H groups in total. The Kier molecular flexibility index (Phi) is 3.29. The molecule has 0 amide bonds. The van der Waals surface area contributed by atoms with Gasteiger partial charge < -0.3 is 9.47 Å². The lowest BCUT2D eigenvalue weighted by Crippen LogP contribution is -2.36. The summed E-state index contributed by atoms with van der Waals surface area (Å²) >= 11 is 0. The van der Waals surface area contributed by atoms with Crippen molar-refractivity contribution in [2.75, 3.05) is 19.8 Å². The summed E-state index contributed by atoms with van der Waals surface area (Å²) in [5.74, 6) is 0. The van der Waals surface area contributed by atoms with Gasteiger partial charge >= 0.3 is 0 Å². The second-order valence-electron chi connectivity index (χ2n) is 4.13. The lowest BCUT2D eigenvalue weighted by Gasteiger charge is -2.25. The Hall–Kier alpha value is -1.79. The molecule has 94 valence electrons. The highest BCUT2D eigenvalue weighted by molar-refractivity contribution is 5.56. The van der Waals surface area contributed by atoms with Gasteiger partial charge in [0.15, 0.2) is 0 Å². The zero-order chi connectivity index (χ0) is 12.2. The van der Waals surface area contributed by atoms with Crippen LogP contribution in [0.15, 0.2) is 30.7 Å². The fourth-order valence-electron chi connectivity index (χ4n) is 1.69. The molecule has 0 saturated carbocycles. The first kappa shape index (κ1) is 11.3. The predicted molar refractivity (Wildman–Crippen MR) is 63.8 cm³/mol. The third-order valence-electron chi connectivity index (χ3n) is 2.80. The molecule has 0 atom stereocenters. The second-order valence-corrected chi connectivity index (χ2v) is 4.13. The number of hydrogen-bond donors (Lipinski definition) is 0. The Bertz CT molecular complexity index is 496. The Morgan fingerprint density at radius 2 is 2.17 bits per heavy atom. The first-order valence-corrected chi connectivity index (χ1v) is 5.92. The predicted octanol–water partition coefficient (Wildman–Crippen LogP) is 0.755. The second kappa shape index (κ2) is 5.24. The molecule has 2 aromatic heterocycles. The minimum Gasteiger partial charge on any atom is -0.376 e. The molecule has 0 radical (unpaired) electrons. The maximum atomic E-state index is 5.57. The molecule has 1 aliphatic rings. The van der Waals surface area contributed by atoms with Crippen LogP contribution in [0.25, 0.3) is 11.3 Å². The molecule has 1 fully saturated rings. The van der Waals surface area contributed by atoms with Crippen molar-refractivity contribution in [1.29, 1.82) is 0 Å². The molecule has 3 rings (SSSR count). The molecule has 18 heavy (non-hydrogen) atoms. The summed E-state index contributed by atoms with van der Waals surface area (Å²) in [4.78, 5) is 3.98. The van der Waals surface area contributed by atoms with Crippen molar-refractivity contribution in [2.45, 2.75) is 12.6 Å². The van der Waals surface area contributed by atoms with Crippen molar-refractivity contribution in [1.82, 2.24) is 20.0 Å². The highest BCUT2D eigenvalue weighted by Gasteiger charge is 2.18.